The zero-order valence-corrected chi connectivity index (χ0v) is 18.8. The van der Waals surface area contributed by atoms with Crippen LogP contribution >= 0.6 is 0 Å². The van der Waals surface area contributed by atoms with E-state index in [1.54, 1.807) is 43.3 Å². The van der Waals surface area contributed by atoms with E-state index in [4.69, 9.17) is 0 Å². The van der Waals surface area contributed by atoms with E-state index in [0.29, 0.717) is 22.7 Å². The Morgan fingerprint density at radius 2 is 1.52 bits per heavy atom. The summed E-state index contributed by atoms with van der Waals surface area (Å²) < 4.78 is 27.8. The second-order valence-electron chi connectivity index (χ2n) is 8.01. The lowest BCUT2D eigenvalue weighted by Gasteiger charge is -2.21. The van der Waals surface area contributed by atoms with Crippen LogP contribution in [0.1, 0.15) is 47.8 Å². The van der Waals surface area contributed by atoms with Crippen LogP contribution in [0.3, 0.4) is 0 Å². The minimum Gasteiger partial charge on any atom is -0.345 e. The highest BCUT2D eigenvalue weighted by Crippen LogP contribution is 2.24. The summed E-state index contributed by atoms with van der Waals surface area (Å²) >= 11 is 0. The molecule has 0 saturated heterocycles. The lowest BCUT2D eigenvalue weighted by Crippen LogP contribution is -2.29. The molecule has 0 fully saturated rings. The van der Waals surface area contributed by atoms with Gasteiger partial charge in [0.15, 0.2) is 0 Å². The summed E-state index contributed by atoms with van der Waals surface area (Å²) in [5.74, 6) is 0.233. The molecule has 0 aliphatic heterocycles. The fourth-order valence-corrected chi connectivity index (χ4v) is 4.55. The Labute approximate surface area is 184 Å². The van der Waals surface area contributed by atoms with E-state index < -0.39 is 10.0 Å². The van der Waals surface area contributed by atoms with Crippen LogP contribution in [-0.4, -0.2) is 14.3 Å². The number of benzene rings is 3. The predicted molar refractivity (Wildman–Crippen MR) is 125 cm³/mol. The van der Waals surface area contributed by atoms with Gasteiger partial charge in [0, 0.05) is 5.56 Å². The van der Waals surface area contributed by atoms with E-state index in [9.17, 15) is 13.2 Å². The molecule has 3 aromatic rings. The van der Waals surface area contributed by atoms with Crippen molar-refractivity contribution < 1.29 is 13.2 Å². The first kappa shape index (κ1) is 22.6. The van der Waals surface area contributed by atoms with Gasteiger partial charge in [-0.15, -0.1) is 0 Å². The van der Waals surface area contributed by atoms with Gasteiger partial charge in [0.1, 0.15) is 0 Å². The number of anilines is 1. The lowest BCUT2D eigenvalue weighted by molar-refractivity contribution is 0.0932. The van der Waals surface area contributed by atoms with Crippen LogP contribution in [0.2, 0.25) is 0 Å². The molecule has 0 heterocycles. The maximum Gasteiger partial charge on any atom is 0.261 e. The maximum absolute atomic E-state index is 12.9. The van der Waals surface area contributed by atoms with Gasteiger partial charge in [-0.1, -0.05) is 62.4 Å². The highest BCUT2D eigenvalue weighted by atomic mass is 32.2. The molecule has 3 aromatic carbocycles. The summed E-state index contributed by atoms with van der Waals surface area (Å²) in [5, 5.41) is 3.12. The molecule has 0 bridgehead atoms. The highest BCUT2D eigenvalue weighted by molar-refractivity contribution is 7.92. The third-order valence-corrected chi connectivity index (χ3v) is 6.38. The molecule has 6 heteroatoms. The first-order valence-electron chi connectivity index (χ1n) is 10.3. The Morgan fingerprint density at radius 1 is 0.903 bits per heavy atom. The number of hydrogen-bond acceptors (Lipinski definition) is 3. The fraction of sp³-hybridized carbons (Fsp3) is 0.240. The van der Waals surface area contributed by atoms with Gasteiger partial charge >= 0.3 is 0 Å². The van der Waals surface area contributed by atoms with Gasteiger partial charge in [0.05, 0.1) is 16.6 Å². The van der Waals surface area contributed by atoms with Gasteiger partial charge in [-0.2, -0.15) is 0 Å². The van der Waals surface area contributed by atoms with Crippen molar-refractivity contribution in [3.8, 4) is 0 Å². The Morgan fingerprint density at radius 3 is 2.10 bits per heavy atom. The Balaban J connectivity index is 1.77. The average molecular weight is 437 g/mol. The lowest BCUT2D eigenvalue weighted by atomic mass is 9.96. The van der Waals surface area contributed by atoms with Gasteiger partial charge in [0.25, 0.3) is 15.9 Å². The predicted octanol–water partition coefficient (Wildman–Crippen LogP) is 5.31. The van der Waals surface area contributed by atoms with E-state index in [1.807, 2.05) is 30.3 Å². The second-order valence-corrected chi connectivity index (χ2v) is 9.70. The van der Waals surface area contributed by atoms with Crippen LogP contribution < -0.4 is 10.0 Å². The number of carbonyl (C=O) groups excluding carboxylic acids is 1. The molecular formula is C25H28N2O3S. The third kappa shape index (κ3) is 5.95. The third-order valence-electron chi connectivity index (χ3n) is 5.00. The summed E-state index contributed by atoms with van der Waals surface area (Å²) in [7, 11) is -3.69. The van der Waals surface area contributed by atoms with Crippen molar-refractivity contribution >= 4 is 21.6 Å². The Hall–Kier alpha value is -3.12. The molecule has 0 spiro atoms. The number of aryl methyl sites for hydroxylation is 1. The molecule has 5 nitrogen and oxygen atoms in total. The number of sulfonamides is 1. The van der Waals surface area contributed by atoms with Gasteiger partial charge in [-0.05, 0) is 60.7 Å². The van der Waals surface area contributed by atoms with Crippen LogP contribution in [-0.2, 0) is 10.0 Å². The summed E-state index contributed by atoms with van der Waals surface area (Å²) in [6.07, 6.45) is 0.823. The molecule has 31 heavy (non-hydrogen) atoms. The van der Waals surface area contributed by atoms with Crippen molar-refractivity contribution in [1.82, 2.24) is 5.32 Å². The van der Waals surface area contributed by atoms with Crippen molar-refractivity contribution in [1.29, 1.82) is 0 Å². The SMILES string of the molecule is Cc1cc(C(=O)NC(CC(C)C)c2ccccc2)ccc1NS(=O)(=O)c1ccccc1. The van der Waals surface area contributed by atoms with E-state index in [-0.39, 0.29) is 16.8 Å². The van der Waals surface area contributed by atoms with Crippen molar-refractivity contribution in [2.45, 2.75) is 38.1 Å². The molecule has 3 rings (SSSR count). The highest BCUT2D eigenvalue weighted by Gasteiger charge is 2.19. The van der Waals surface area contributed by atoms with Crippen molar-refractivity contribution in [2.24, 2.45) is 5.92 Å². The molecule has 1 amide bonds. The Bertz CT molecular complexity index is 1130. The van der Waals surface area contributed by atoms with Crippen molar-refractivity contribution in [2.75, 3.05) is 4.72 Å². The smallest absolute Gasteiger partial charge is 0.261 e. The first-order chi connectivity index (χ1) is 14.8. The minimum absolute atomic E-state index is 0.0923. The Kier molecular flexibility index (Phi) is 7.13. The van der Waals surface area contributed by atoms with Gasteiger partial charge in [0.2, 0.25) is 0 Å². The summed E-state index contributed by atoms with van der Waals surface area (Å²) in [6.45, 7) is 6.03. The molecule has 0 radical (unpaired) electrons. The number of hydrogen-bond donors (Lipinski definition) is 2. The normalized spacial score (nSPS) is 12.4. The number of nitrogens with one attached hydrogen (secondary N) is 2. The van der Waals surface area contributed by atoms with Gasteiger partial charge < -0.3 is 5.32 Å². The van der Waals surface area contributed by atoms with Crippen LogP contribution in [0.15, 0.2) is 83.8 Å². The average Bonchev–Trinajstić information content (AvgIpc) is 2.75. The number of carbonyl (C=O) groups is 1. The zero-order valence-electron chi connectivity index (χ0n) is 18.0. The molecular weight excluding hydrogens is 408 g/mol. The van der Waals surface area contributed by atoms with Crippen LogP contribution in [0, 0.1) is 12.8 Å². The van der Waals surface area contributed by atoms with Gasteiger partial charge in [-0.25, -0.2) is 8.42 Å². The second kappa shape index (κ2) is 9.79. The van der Waals surface area contributed by atoms with E-state index in [2.05, 4.69) is 23.9 Å². The van der Waals surface area contributed by atoms with Crippen LogP contribution in [0.4, 0.5) is 5.69 Å². The number of rotatable bonds is 8. The molecule has 0 saturated carbocycles. The van der Waals surface area contributed by atoms with E-state index in [0.717, 1.165) is 12.0 Å². The molecule has 0 aliphatic carbocycles. The van der Waals surface area contributed by atoms with Crippen molar-refractivity contribution in [3.05, 3.63) is 95.6 Å². The topological polar surface area (TPSA) is 75.3 Å². The van der Waals surface area contributed by atoms with E-state index in [1.165, 1.54) is 12.1 Å². The molecule has 0 aliphatic rings. The largest absolute Gasteiger partial charge is 0.345 e. The zero-order chi connectivity index (χ0) is 22.4. The fourth-order valence-electron chi connectivity index (χ4n) is 3.40. The van der Waals surface area contributed by atoms with Crippen LogP contribution in [0.25, 0.3) is 0 Å². The van der Waals surface area contributed by atoms with Gasteiger partial charge in [-0.3, -0.25) is 9.52 Å². The van der Waals surface area contributed by atoms with E-state index >= 15 is 0 Å². The first-order valence-corrected chi connectivity index (χ1v) is 11.8. The molecule has 1 unspecified atom stereocenters. The maximum atomic E-state index is 12.9. The van der Waals surface area contributed by atoms with Crippen molar-refractivity contribution in [3.63, 3.8) is 0 Å². The van der Waals surface area contributed by atoms with Crippen LogP contribution in [0.5, 0.6) is 0 Å². The summed E-state index contributed by atoms with van der Waals surface area (Å²) in [4.78, 5) is 13.1. The molecule has 2 N–H and O–H groups in total. The molecule has 1 atom stereocenters. The summed E-state index contributed by atoms with van der Waals surface area (Å²) in [5.41, 5.74) is 2.67. The molecule has 162 valence electrons. The summed E-state index contributed by atoms with van der Waals surface area (Å²) in [6, 6.07) is 23.0. The minimum atomic E-state index is -3.69. The molecule has 0 aromatic heterocycles. The number of amides is 1. The quantitative estimate of drug-likeness (QED) is 0.502. The monoisotopic (exact) mass is 436 g/mol. The standard InChI is InChI=1S/C25H28N2O3S/c1-18(2)16-24(20-10-6-4-7-11-20)26-25(28)21-14-15-23(19(3)17-21)27-31(29,30)22-12-8-5-9-13-22/h4-15,17-18,24,27H,16H2,1-3H3,(H,26,28).